The molecule has 0 saturated carbocycles. The van der Waals surface area contributed by atoms with Crippen molar-refractivity contribution in [2.45, 2.75) is 26.2 Å². The normalized spacial score (nSPS) is 10.3. The molecule has 0 heterocycles. The van der Waals surface area contributed by atoms with Crippen molar-refractivity contribution in [2.75, 3.05) is 18.5 Å². The highest BCUT2D eigenvalue weighted by Crippen LogP contribution is 2.26. The molecule has 144 valence electrons. The molecule has 7 heteroatoms. The second-order valence-electron chi connectivity index (χ2n) is 5.82. The van der Waals surface area contributed by atoms with E-state index < -0.39 is 5.97 Å². The zero-order valence-electron chi connectivity index (χ0n) is 15.0. The fourth-order valence-corrected chi connectivity index (χ4v) is 2.55. The maximum atomic E-state index is 12.3. The lowest BCUT2D eigenvalue weighted by Gasteiger charge is -2.09. The van der Waals surface area contributed by atoms with Crippen LogP contribution in [0.3, 0.4) is 0 Å². The van der Waals surface area contributed by atoms with E-state index in [9.17, 15) is 9.59 Å². The molecule has 0 fully saturated rings. The largest absolute Gasteiger partial charge is 0.482 e. The van der Waals surface area contributed by atoms with Crippen molar-refractivity contribution in [2.24, 2.45) is 0 Å². The number of ether oxygens (including phenoxy) is 2. The van der Waals surface area contributed by atoms with Crippen molar-refractivity contribution in [3.05, 3.63) is 58.1 Å². The van der Waals surface area contributed by atoms with E-state index in [1.165, 1.54) is 0 Å². The second-order valence-corrected chi connectivity index (χ2v) is 6.66. The van der Waals surface area contributed by atoms with E-state index in [4.69, 9.17) is 32.7 Å². The third kappa shape index (κ3) is 7.12. The van der Waals surface area contributed by atoms with Crippen LogP contribution in [0.15, 0.2) is 42.5 Å². The molecule has 0 saturated heterocycles. The van der Waals surface area contributed by atoms with E-state index in [0.29, 0.717) is 33.7 Å². The summed E-state index contributed by atoms with van der Waals surface area (Å²) in [5.41, 5.74) is 0.848. The molecule has 5 nitrogen and oxygen atoms in total. The minimum absolute atomic E-state index is 0.171. The Kier molecular flexibility index (Phi) is 8.43. The van der Waals surface area contributed by atoms with Gasteiger partial charge in [-0.1, -0.05) is 43.0 Å². The Hall–Kier alpha value is -2.24. The van der Waals surface area contributed by atoms with Crippen LogP contribution < -0.4 is 10.1 Å². The zero-order valence-corrected chi connectivity index (χ0v) is 16.5. The minimum atomic E-state index is -0.413. The standard InChI is InChI=1S/C20H21Cl2NO4/c1-2-3-4-11-26-19(24)13-27-16-8-5-14(6-9-16)20(25)23-18-12-15(21)7-10-17(18)22/h5-10,12H,2-4,11,13H2,1H3,(H,23,25). The summed E-state index contributed by atoms with van der Waals surface area (Å²) in [6.45, 7) is 2.31. The first-order valence-electron chi connectivity index (χ1n) is 8.64. The Morgan fingerprint density at radius 3 is 2.48 bits per heavy atom. The lowest BCUT2D eigenvalue weighted by Crippen LogP contribution is -2.16. The smallest absolute Gasteiger partial charge is 0.344 e. The molecule has 0 bridgehead atoms. The first-order valence-corrected chi connectivity index (χ1v) is 9.40. The maximum absolute atomic E-state index is 12.3. The van der Waals surface area contributed by atoms with E-state index >= 15 is 0 Å². The summed E-state index contributed by atoms with van der Waals surface area (Å²) in [4.78, 5) is 23.9. The Balaban J connectivity index is 1.84. The third-order valence-corrected chi connectivity index (χ3v) is 4.23. The summed E-state index contributed by atoms with van der Waals surface area (Å²) >= 11 is 12.0. The van der Waals surface area contributed by atoms with Crippen molar-refractivity contribution < 1.29 is 19.1 Å². The number of hydrogen-bond donors (Lipinski definition) is 1. The molecule has 2 aromatic carbocycles. The van der Waals surface area contributed by atoms with Gasteiger partial charge in [-0.25, -0.2) is 4.79 Å². The van der Waals surface area contributed by atoms with Crippen LogP contribution in [-0.2, 0) is 9.53 Å². The van der Waals surface area contributed by atoms with Gasteiger partial charge in [-0.3, -0.25) is 4.79 Å². The molecule has 2 rings (SSSR count). The van der Waals surface area contributed by atoms with Gasteiger partial charge in [0.2, 0.25) is 0 Å². The summed E-state index contributed by atoms with van der Waals surface area (Å²) in [5.74, 6) is -0.276. The van der Waals surface area contributed by atoms with Crippen LogP contribution in [0.1, 0.15) is 36.5 Å². The third-order valence-electron chi connectivity index (χ3n) is 3.66. The summed E-state index contributed by atoms with van der Waals surface area (Å²) in [5, 5.41) is 3.57. The molecule has 1 amide bonds. The average Bonchev–Trinajstić information content (AvgIpc) is 2.67. The summed E-state index contributed by atoms with van der Waals surface area (Å²) < 4.78 is 10.4. The Labute approximate surface area is 168 Å². The fraction of sp³-hybridized carbons (Fsp3) is 0.300. The molecule has 0 unspecified atom stereocenters. The Bertz CT molecular complexity index is 778. The molecule has 0 aliphatic rings. The number of nitrogens with one attached hydrogen (secondary N) is 1. The predicted molar refractivity (Wildman–Crippen MR) is 107 cm³/mol. The SMILES string of the molecule is CCCCCOC(=O)COc1ccc(C(=O)Nc2cc(Cl)ccc2Cl)cc1. The first kappa shape index (κ1) is 21.1. The van der Waals surface area contributed by atoms with Crippen molar-refractivity contribution in [3.8, 4) is 5.75 Å². The lowest BCUT2D eigenvalue weighted by molar-refractivity contribution is -0.146. The van der Waals surface area contributed by atoms with Crippen LogP contribution in [0, 0.1) is 0 Å². The first-order chi connectivity index (χ1) is 13.0. The van der Waals surface area contributed by atoms with E-state index in [2.05, 4.69) is 12.2 Å². The van der Waals surface area contributed by atoms with Gasteiger partial charge in [0.1, 0.15) is 5.75 Å². The number of amides is 1. The molecular formula is C20H21Cl2NO4. The van der Waals surface area contributed by atoms with Gasteiger partial charge in [0.25, 0.3) is 5.91 Å². The number of carbonyl (C=O) groups excluding carboxylic acids is 2. The number of anilines is 1. The Morgan fingerprint density at radius 2 is 1.78 bits per heavy atom. The molecule has 0 aliphatic heterocycles. The van der Waals surface area contributed by atoms with Gasteiger partial charge in [0.15, 0.2) is 6.61 Å². The number of benzene rings is 2. The van der Waals surface area contributed by atoms with Gasteiger partial charge < -0.3 is 14.8 Å². The van der Waals surface area contributed by atoms with Gasteiger partial charge in [-0.15, -0.1) is 0 Å². The van der Waals surface area contributed by atoms with Crippen LogP contribution in [-0.4, -0.2) is 25.1 Å². The highest BCUT2D eigenvalue weighted by Gasteiger charge is 2.10. The number of rotatable bonds is 9. The van der Waals surface area contributed by atoms with Crippen LogP contribution in [0.25, 0.3) is 0 Å². The Morgan fingerprint density at radius 1 is 1.04 bits per heavy atom. The monoisotopic (exact) mass is 409 g/mol. The summed E-state index contributed by atoms with van der Waals surface area (Å²) in [6.07, 6.45) is 2.94. The highest BCUT2D eigenvalue weighted by molar-refractivity contribution is 6.35. The molecule has 2 aromatic rings. The van der Waals surface area contributed by atoms with Crippen molar-refractivity contribution >= 4 is 40.8 Å². The quantitative estimate of drug-likeness (QED) is 0.447. The van der Waals surface area contributed by atoms with E-state index in [1.807, 2.05) is 0 Å². The molecule has 0 aromatic heterocycles. The lowest BCUT2D eigenvalue weighted by atomic mass is 10.2. The van der Waals surface area contributed by atoms with Crippen molar-refractivity contribution in [3.63, 3.8) is 0 Å². The average molecular weight is 410 g/mol. The van der Waals surface area contributed by atoms with E-state index in [1.54, 1.807) is 42.5 Å². The number of carbonyl (C=O) groups is 2. The predicted octanol–water partition coefficient (Wildman–Crippen LogP) is 5.36. The topological polar surface area (TPSA) is 64.6 Å². The van der Waals surface area contributed by atoms with Crippen LogP contribution in [0.4, 0.5) is 5.69 Å². The van der Waals surface area contributed by atoms with Crippen LogP contribution >= 0.6 is 23.2 Å². The number of hydrogen-bond acceptors (Lipinski definition) is 4. The van der Waals surface area contributed by atoms with Crippen LogP contribution in [0.2, 0.25) is 10.0 Å². The molecule has 0 aliphatic carbocycles. The molecule has 27 heavy (non-hydrogen) atoms. The van der Waals surface area contributed by atoms with Crippen molar-refractivity contribution in [1.82, 2.24) is 0 Å². The van der Waals surface area contributed by atoms with Gasteiger partial charge >= 0.3 is 5.97 Å². The van der Waals surface area contributed by atoms with Gasteiger partial charge in [0.05, 0.1) is 17.3 Å². The highest BCUT2D eigenvalue weighted by atomic mass is 35.5. The van der Waals surface area contributed by atoms with Gasteiger partial charge in [0, 0.05) is 10.6 Å². The molecule has 0 atom stereocenters. The molecule has 0 radical (unpaired) electrons. The minimum Gasteiger partial charge on any atom is -0.482 e. The van der Waals surface area contributed by atoms with Gasteiger partial charge in [-0.05, 0) is 48.9 Å². The summed E-state index contributed by atoms with van der Waals surface area (Å²) in [7, 11) is 0. The van der Waals surface area contributed by atoms with Crippen LogP contribution in [0.5, 0.6) is 5.75 Å². The zero-order chi connectivity index (χ0) is 19.6. The fourth-order valence-electron chi connectivity index (χ4n) is 2.21. The second kappa shape index (κ2) is 10.8. The maximum Gasteiger partial charge on any atom is 0.344 e. The molecule has 0 spiro atoms. The van der Waals surface area contributed by atoms with E-state index in [-0.39, 0.29) is 12.5 Å². The number of unbranched alkanes of at least 4 members (excludes halogenated alkanes) is 2. The van der Waals surface area contributed by atoms with E-state index in [0.717, 1.165) is 19.3 Å². The number of halogens is 2. The number of esters is 1. The summed E-state index contributed by atoms with van der Waals surface area (Å²) in [6, 6.07) is 11.2. The molecule has 1 N–H and O–H groups in total. The van der Waals surface area contributed by atoms with Crippen molar-refractivity contribution in [1.29, 1.82) is 0 Å². The van der Waals surface area contributed by atoms with Gasteiger partial charge in [-0.2, -0.15) is 0 Å². The molecular weight excluding hydrogens is 389 g/mol.